The number of carbonyl (C=O) groups excluding carboxylic acids is 1. The molecule has 0 saturated carbocycles. The van der Waals surface area contributed by atoms with Crippen LogP contribution in [0, 0.1) is 6.92 Å². The number of hydrogen-bond donors (Lipinski definition) is 2. The Balaban J connectivity index is 1.93. The van der Waals surface area contributed by atoms with E-state index in [9.17, 15) is 4.79 Å². The van der Waals surface area contributed by atoms with Crippen molar-refractivity contribution in [3.05, 3.63) is 28.6 Å². The number of ether oxygens (including phenoxy) is 1. The van der Waals surface area contributed by atoms with Crippen LogP contribution in [0.3, 0.4) is 0 Å². The highest BCUT2D eigenvalue weighted by molar-refractivity contribution is 7.21. The zero-order valence-electron chi connectivity index (χ0n) is 12.5. The van der Waals surface area contributed by atoms with Gasteiger partial charge in [-0.3, -0.25) is 4.79 Å². The van der Waals surface area contributed by atoms with Crippen molar-refractivity contribution in [3.63, 3.8) is 0 Å². The summed E-state index contributed by atoms with van der Waals surface area (Å²) >= 11 is 1.45. The molecule has 0 aliphatic carbocycles. The second-order valence-corrected chi connectivity index (χ2v) is 7.03. The number of aryl methyl sites for hydroxylation is 1. The van der Waals surface area contributed by atoms with Gasteiger partial charge >= 0.3 is 0 Å². The van der Waals surface area contributed by atoms with Crippen molar-refractivity contribution in [1.82, 2.24) is 5.32 Å². The summed E-state index contributed by atoms with van der Waals surface area (Å²) in [5.74, 6) is -0.105. The fraction of sp³-hybridized carbons (Fsp3) is 0.438. The molecule has 3 N–H and O–H groups in total. The Morgan fingerprint density at radius 1 is 1.52 bits per heavy atom. The number of thiophene rings is 1. The number of hydrogen-bond acceptors (Lipinski definition) is 4. The van der Waals surface area contributed by atoms with E-state index in [1.807, 2.05) is 32.9 Å². The third-order valence-corrected chi connectivity index (χ3v) is 5.54. The van der Waals surface area contributed by atoms with Gasteiger partial charge in [-0.2, -0.15) is 0 Å². The predicted octanol–water partition coefficient (Wildman–Crippen LogP) is 3.09. The number of amides is 1. The molecule has 2 heterocycles. The first-order valence-electron chi connectivity index (χ1n) is 7.13. The fourth-order valence-electron chi connectivity index (χ4n) is 2.71. The largest absolute Gasteiger partial charge is 0.397 e. The van der Waals surface area contributed by atoms with Gasteiger partial charge in [0.25, 0.3) is 5.91 Å². The van der Waals surface area contributed by atoms with E-state index in [-0.39, 0.29) is 17.6 Å². The third kappa shape index (κ3) is 2.40. The molecule has 2 aromatic rings. The highest BCUT2D eigenvalue weighted by atomic mass is 32.1. The summed E-state index contributed by atoms with van der Waals surface area (Å²) in [5, 5.41) is 4.06. The van der Waals surface area contributed by atoms with Gasteiger partial charge in [-0.25, -0.2) is 0 Å². The van der Waals surface area contributed by atoms with Crippen LogP contribution >= 0.6 is 11.3 Å². The Labute approximate surface area is 128 Å². The lowest BCUT2D eigenvalue weighted by atomic mass is 9.94. The molecule has 1 aromatic carbocycles. The summed E-state index contributed by atoms with van der Waals surface area (Å²) in [5.41, 5.74) is 7.58. The van der Waals surface area contributed by atoms with Gasteiger partial charge < -0.3 is 15.8 Å². The molecular weight excluding hydrogens is 284 g/mol. The van der Waals surface area contributed by atoms with Gasteiger partial charge in [0.15, 0.2) is 0 Å². The Kier molecular flexibility index (Phi) is 3.42. The third-order valence-electron chi connectivity index (χ3n) is 4.38. The number of nitrogen functional groups attached to an aromatic ring is 1. The van der Waals surface area contributed by atoms with Crippen LogP contribution in [0.5, 0.6) is 0 Å². The Morgan fingerprint density at radius 2 is 2.29 bits per heavy atom. The molecule has 0 bridgehead atoms. The average molecular weight is 304 g/mol. The minimum Gasteiger partial charge on any atom is -0.397 e. The van der Waals surface area contributed by atoms with Crippen molar-refractivity contribution in [2.45, 2.75) is 38.8 Å². The number of nitrogens with two attached hydrogens (primary N) is 1. The van der Waals surface area contributed by atoms with Crippen molar-refractivity contribution >= 4 is 33.0 Å². The van der Waals surface area contributed by atoms with E-state index in [4.69, 9.17) is 10.5 Å². The van der Waals surface area contributed by atoms with Gasteiger partial charge in [0, 0.05) is 16.7 Å². The van der Waals surface area contributed by atoms with Crippen LogP contribution in [-0.4, -0.2) is 24.2 Å². The Hall–Kier alpha value is -1.59. The molecule has 2 atom stereocenters. The van der Waals surface area contributed by atoms with Crippen LogP contribution in [0.4, 0.5) is 5.69 Å². The highest BCUT2D eigenvalue weighted by Gasteiger charge is 2.39. The van der Waals surface area contributed by atoms with Gasteiger partial charge in [0.05, 0.1) is 17.3 Å². The Bertz CT molecular complexity index is 710. The molecule has 1 aliphatic heterocycles. The van der Waals surface area contributed by atoms with E-state index >= 15 is 0 Å². The van der Waals surface area contributed by atoms with Crippen molar-refractivity contribution < 1.29 is 9.53 Å². The Morgan fingerprint density at radius 3 is 2.95 bits per heavy atom. The van der Waals surface area contributed by atoms with E-state index in [1.165, 1.54) is 16.9 Å². The molecule has 3 rings (SSSR count). The van der Waals surface area contributed by atoms with E-state index in [2.05, 4.69) is 11.4 Å². The van der Waals surface area contributed by atoms with Gasteiger partial charge in [-0.15, -0.1) is 11.3 Å². The molecule has 2 unspecified atom stereocenters. The van der Waals surface area contributed by atoms with Crippen molar-refractivity contribution in [1.29, 1.82) is 0 Å². The molecule has 21 heavy (non-hydrogen) atoms. The second-order valence-electron chi connectivity index (χ2n) is 5.98. The minimum absolute atomic E-state index is 0.0132. The van der Waals surface area contributed by atoms with Crippen LogP contribution in [0.15, 0.2) is 18.2 Å². The number of rotatable bonds is 2. The zero-order valence-corrected chi connectivity index (χ0v) is 13.3. The zero-order chi connectivity index (χ0) is 15.2. The van der Waals surface area contributed by atoms with Crippen molar-refractivity contribution in [3.8, 4) is 0 Å². The second kappa shape index (κ2) is 5.00. The maximum atomic E-state index is 12.6. The minimum atomic E-state index is -0.324. The normalized spacial score (nSPS) is 25.4. The van der Waals surface area contributed by atoms with Crippen LogP contribution < -0.4 is 11.1 Å². The maximum absolute atomic E-state index is 12.6. The van der Waals surface area contributed by atoms with Crippen LogP contribution in [0.2, 0.25) is 0 Å². The number of nitrogens with one attached hydrogen (secondary N) is 1. The number of anilines is 1. The van der Waals surface area contributed by atoms with Crippen molar-refractivity contribution in [2.75, 3.05) is 12.3 Å². The van der Waals surface area contributed by atoms with E-state index in [0.717, 1.165) is 16.5 Å². The summed E-state index contributed by atoms with van der Waals surface area (Å²) in [6, 6.07) is 6.06. The molecule has 1 saturated heterocycles. The molecule has 5 heteroatoms. The highest BCUT2D eigenvalue weighted by Crippen LogP contribution is 2.35. The first-order valence-corrected chi connectivity index (χ1v) is 7.95. The molecule has 1 amide bonds. The van der Waals surface area contributed by atoms with Gasteiger partial charge in [-0.05, 0) is 38.8 Å². The lowest BCUT2D eigenvalue weighted by Gasteiger charge is -2.28. The molecular formula is C16H20N2O2S. The van der Waals surface area contributed by atoms with Gasteiger partial charge in [0.2, 0.25) is 0 Å². The number of benzene rings is 1. The summed E-state index contributed by atoms with van der Waals surface area (Å²) in [6.07, 6.45) is 0.836. The maximum Gasteiger partial charge on any atom is 0.264 e. The summed E-state index contributed by atoms with van der Waals surface area (Å²) < 4.78 is 6.62. The molecule has 0 radical (unpaired) electrons. The summed E-state index contributed by atoms with van der Waals surface area (Å²) in [4.78, 5) is 13.2. The quantitative estimate of drug-likeness (QED) is 0.896. The SMILES string of the molecule is Cc1ccc2c(N)c(C(=O)NC3(C)CCOC3C)sc2c1. The molecule has 0 spiro atoms. The van der Waals surface area contributed by atoms with Crippen LogP contribution in [0.1, 0.15) is 35.5 Å². The summed E-state index contributed by atoms with van der Waals surface area (Å²) in [7, 11) is 0. The molecule has 112 valence electrons. The first kappa shape index (κ1) is 14.4. The van der Waals surface area contributed by atoms with E-state index < -0.39 is 0 Å². The smallest absolute Gasteiger partial charge is 0.264 e. The van der Waals surface area contributed by atoms with Gasteiger partial charge in [0.1, 0.15) is 4.88 Å². The molecule has 1 fully saturated rings. The summed E-state index contributed by atoms with van der Waals surface area (Å²) in [6.45, 7) is 6.73. The monoisotopic (exact) mass is 304 g/mol. The first-order chi connectivity index (χ1) is 9.90. The van der Waals surface area contributed by atoms with Crippen LogP contribution in [0.25, 0.3) is 10.1 Å². The molecule has 1 aromatic heterocycles. The van der Waals surface area contributed by atoms with E-state index in [1.54, 1.807) is 0 Å². The van der Waals surface area contributed by atoms with E-state index in [0.29, 0.717) is 17.2 Å². The predicted molar refractivity (Wildman–Crippen MR) is 86.9 cm³/mol. The van der Waals surface area contributed by atoms with Crippen LogP contribution in [-0.2, 0) is 4.74 Å². The number of fused-ring (bicyclic) bond motifs is 1. The molecule has 4 nitrogen and oxygen atoms in total. The standard InChI is InChI=1S/C16H20N2O2S/c1-9-4-5-11-12(8-9)21-14(13(11)17)15(19)18-16(3)6-7-20-10(16)2/h4-5,8,10H,6-7,17H2,1-3H3,(H,18,19). The lowest BCUT2D eigenvalue weighted by Crippen LogP contribution is -2.50. The fourth-order valence-corrected chi connectivity index (χ4v) is 3.82. The van der Waals surface area contributed by atoms with Crippen molar-refractivity contribution in [2.24, 2.45) is 0 Å². The average Bonchev–Trinajstić information content (AvgIpc) is 2.91. The van der Waals surface area contributed by atoms with Gasteiger partial charge in [-0.1, -0.05) is 12.1 Å². The topological polar surface area (TPSA) is 64.4 Å². The molecule has 1 aliphatic rings. The number of carbonyl (C=O) groups is 1. The lowest BCUT2D eigenvalue weighted by molar-refractivity contribution is 0.0731.